The second-order valence-electron chi connectivity index (χ2n) is 9.01. The van der Waals surface area contributed by atoms with E-state index in [0.717, 1.165) is 30.4 Å². The van der Waals surface area contributed by atoms with Gasteiger partial charge in [-0.3, -0.25) is 9.69 Å². The van der Waals surface area contributed by atoms with E-state index in [1.807, 2.05) is 6.92 Å². The van der Waals surface area contributed by atoms with Gasteiger partial charge in [-0.1, -0.05) is 30.4 Å². The monoisotopic (exact) mass is 448 g/mol. The molecule has 1 saturated heterocycles. The molecule has 2 N–H and O–H groups in total. The highest BCUT2D eigenvalue weighted by Crippen LogP contribution is 2.46. The number of carboxylic acids is 1. The number of carbonyl (C=O) groups excluding carboxylic acids is 1. The van der Waals surface area contributed by atoms with Gasteiger partial charge in [0, 0.05) is 12.6 Å². The van der Waals surface area contributed by atoms with Crippen molar-refractivity contribution in [1.29, 1.82) is 0 Å². The number of benzene rings is 1. The zero-order valence-electron chi connectivity index (χ0n) is 17.8. The number of nitrogens with one attached hydrogen (secondary N) is 1. The van der Waals surface area contributed by atoms with Crippen LogP contribution >= 0.6 is 0 Å². The molecule has 172 valence electrons. The van der Waals surface area contributed by atoms with Crippen molar-refractivity contribution in [3.05, 3.63) is 59.2 Å². The van der Waals surface area contributed by atoms with Gasteiger partial charge in [-0.15, -0.1) is 0 Å². The van der Waals surface area contributed by atoms with E-state index in [2.05, 4.69) is 10.2 Å². The molecule has 2 aliphatic carbocycles. The zero-order valence-corrected chi connectivity index (χ0v) is 17.8. The van der Waals surface area contributed by atoms with Gasteiger partial charge in [-0.25, -0.2) is 4.79 Å². The number of carbonyl (C=O) groups is 2. The fourth-order valence-electron chi connectivity index (χ4n) is 4.77. The number of halogens is 3. The van der Waals surface area contributed by atoms with E-state index in [-0.39, 0.29) is 30.0 Å². The highest BCUT2D eigenvalue weighted by Gasteiger charge is 2.50. The molecule has 1 saturated carbocycles. The molecule has 3 aliphatic rings. The van der Waals surface area contributed by atoms with Gasteiger partial charge in [0.2, 0.25) is 5.91 Å². The predicted molar refractivity (Wildman–Crippen MR) is 113 cm³/mol. The van der Waals surface area contributed by atoms with E-state index in [0.29, 0.717) is 18.5 Å². The first-order valence-corrected chi connectivity index (χ1v) is 11.0. The average Bonchev–Trinajstić information content (AvgIpc) is 3.54. The number of hydrogen-bond acceptors (Lipinski definition) is 3. The van der Waals surface area contributed by atoms with E-state index in [4.69, 9.17) is 5.11 Å². The summed E-state index contributed by atoms with van der Waals surface area (Å²) < 4.78 is 38.7. The number of likely N-dealkylation sites (tertiary alicyclic amines) is 1. The second kappa shape index (κ2) is 8.73. The summed E-state index contributed by atoms with van der Waals surface area (Å²) in [4.78, 5) is 26.3. The first-order chi connectivity index (χ1) is 15.1. The molecule has 0 aromatic heterocycles. The number of aromatic carboxylic acids is 1. The Balaban J connectivity index is 1.40. The van der Waals surface area contributed by atoms with Gasteiger partial charge in [-0.2, -0.15) is 13.2 Å². The molecule has 5 atom stereocenters. The zero-order chi connectivity index (χ0) is 23.0. The minimum absolute atomic E-state index is 0.0580. The Labute approximate surface area is 185 Å². The molecule has 4 rings (SSSR count). The standard InChI is InChI=1S/C24H27F3N2O3/c1-14(16-4-6-17(7-5-16)23(31)32)28-22(30)20-11-8-18-12-21(18)29(20)13-15-2-9-19(10-3-15)24(25,26)27/h2-7,9,14,18-21H,8,10-13H2,1H3,(H,28,30)(H,31,32)/t14-,18?,19?,20?,21?/m0/s1. The SMILES string of the molecule is C[C@H](NC(=O)C1CCC2CC2N1CC1=CCC(C(F)(F)F)C=C1)c1ccc(C(=O)O)cc1. The lowest BCUT2D eigenvalue weighted by molar-refractivity contribution is -0.160. The van der Waals surface area contributed by atoms with E-state index in [1.165, 1.54) is 18.2 Å². The van der Waals surface area contributed by atoms with Crippen LogP contribution in [-0.4, -0.2) is 46.7 Å². The molecule has 0 bridgehead atoms. The summed E-state index contributed by atoms with van der Waals surface area (Å²) in [6.45, 7) is 2.33. The van der Waals surface area contributed by atoms with Crippen molar-refractivity contribution >= 4 is 11.9 Å². The number of piperidine rings is 1. The van der Waals surface area contributed by atoms with Crippen molar-refractivity contribution in [2.24, 2.45) is 11.8 Å². The van der Waals surface area contributed by atoms with Crippen molar-refractivity contribution < 1.29 is 27.9 Å². The van der Waals surface area contributed by atoms with Crippen LogP contribution in [-0.2, 0) is 4.79 Å². The summed E-state index contributed by atoms with van der Waals surface area (Å²) >= 11 is 0. The molecule has 1 aliphatic heterocycles. The third-order valence-electron chi connectivity index (χ3n) is 6.80. The molecule has 8 heteroatoms. The Morgan fingerprint density at radius 2 is 1.94 bits per heavy atom. The van der Waals surface area contributed by atoms with Crippen LogP contribution in [0.15, 0.2) is 48.1 Å². The maximum absolute atomic E-state index is 13.1. The minimum atomic E-state index is -4.23. The first kappa shape index (κ1) is 22.6. The van der Waals surface area contributed by atoms with Crippen molar-refractivity contribution in [2.75, 3.05) is 6.54 Å². The van der Waals surface area contributed by atoms with Crippen LogP contribution in [0.5, 0.6) is 0 Å². The van der Waals surface area contributed by atoms with Gasteiger partial charge < -0.3 is 10.4 Å². The number of carboxylic acid groups (broad SMARTS) is 1. The number of hydrogen-bond donors (Lipinski definition) is 2. The van der Waals surface area contributed by atoms with E-state index < -0.39 is 18.1 Å². The molecule has 32 heavy (non-hydrogen) atoms. The molecule has 1 heterocycles. The lowest BCUT2D eigenvalue weighted by Crippen LogP contribution is -2.51. The van der Waals surface area contributed by atoms with Crippen LogP contribution < -0.4 is 5.32 Å². The van der Waals surface area contributed by atoms with Crippen LogP contribution in [0.1, 0.15) is 54.6 Å². The third kappa shape index (κ3) is 4.90. The van der Waals surface area contributed by atoms with Crippen LogP contribution in [0, 0.1) is 11.8 Å². The molecule has 0 radical (unpaired) electrons. The number of nitrogens with zero attached hydrogens (tertiary/aromatic N) is 1. The van der Waals surface area contributed by atoms with Gasteiger partial charge in [0.1, 0.15) is 0 Å². The van der Waals surface area contributed by atoms with Gasteiger partial charge in [0.25, 0.3) is 0 Å². The number of allylic oxidation sites excluding steroid dienone is 2. The van der Waals surface area contributed by atoms with Crippen LogP contribution in [0.4, 0.5) is 13.2 Å². The predicted octanol–water partition coefficient (Wildman–Crippen LogP) is 4.48. The maximum Gasteiger partial charge on any atom is 0.395 e. The molecule has 5 nitrogen and oxygen atoms in total. The van der Waals surface area contributed by atoms with Gasteiger partial charge in [-0.05, 0) is 61.8 Å². The lowest BCUT2D eigenvalue weighted by atomic mass is 9.94. The molecule has 1 amide bonds. The highest BCUT2D eigenvalue weighted by atomic mass is 19.4. The summed E-state index contributed by atoms with van der Waals surface area (Å²) in [6.07, 6.45) is 2.86. The summed E-state index contributed by atoms with van der Waals surface area (Å²) in [6, 6.07) is 6.10. The van der Waals surface area contributed by atoms with E-state index in [9.17, 15) is 22.8 Å². The molecular formula is C24H27F3N2O3. The fourth-order valence-corrected chi connectivity index (χ4v) is 4.77. The lowest BCUT2D eigenvalue weighted by Gasteiger charge is -2.36. The molecule has 4 unspecified atom stereocenters. The van der Waals surface area contributed by atoms with E-state index in [1.54, 1.807) is 24.3 Å². The van der Waals surface area contributed by atoms with Crippen molar-refractivity contribution in [2.45, 2.75) is 56.9 Å². The Morgan fingerprint density at radius 1 is 1.22 bits per heavy atom. The highest BCUT2D eigenvalue weighted by molar-refractivity contribution is 5.87. The van der Waals surface area contributed by atoms with Crippen molar-refractivity contribution in [3.63, 3.8) is 0 Å². The van der Waals surface area contributed by atoms with Crippen molar-refractivity contribution in [3.8, 4) is 0 Å². The molecule has 1 aromatic carbocycles. The summed E-state index contributed by atoms with van der Waals surface area (Å²) in [5.41, 5.74) is 1.83. The topological polar surface area (TPSA) is 69.6 Å². The Kier molecular flexibility index (Phi) is 6.16. The smallest absolute Gasteiger partial charge is 0.395 e. The first-order valence-electron chi connectivity index (χ1n) is 11.0. The average molecular weight is 448 g/mol. The third-order valence-corrected chi connectivity index (χ3v) is 6.80. The van der Waals surface area contributed by atoms with Crippen LogP contribution in [0.25, 0.3) is 0 Å². The van der Waals surface area contributed by atoms with Gasteiger partial charge in [0.15, 0.2) is 0 Å². The van der Waals surface area contributed by atoms with Crippen LogP contribution in [0.2, 0.25) is 0 Å². The van der Waals surface area contributed by atoms with Crippen molar-refractivity contribution in [1.82, 2.24) is 10.2 Å². The summed E-state index contributed by atoms with van der Waals surface area (Å²) in [7, 11) is 0. The summed E-state index contributed by atoms with van der Waals surface area (Å²) in [5, 5.41) is 12.1. The van der Waals surface area contributed by atoms with Gasteiger partial charge >= 0.3 is 12.1 Å². The van der Waals surface area contributed by atoms with Gasteiger partial charge in [0.05, 0.1) is 23.6 Å². The molecule has 2 fully saturated rings. The summed E-state index contributed by atoms with van der Waals surface area (Å²) in [5.74, 6) is -1.97. The Morgan fingerprint density at radius 3 is 2.53 bits per heavy atom. The quantitative estimate of drug-likeness (QED) is 0.673. The minimum Gasteiger partial charge on any atom is -0.478 e. The van der Waals surface area contributed by atoms with E-state index >= 15 is 0 Å². The number of rotatable bonds is 6. The molecule has 1 aromatic rings. The Bertz CT molecular complexity index is 939. The molecule has 0 spiro atoms. The fraction of sp³-hybridized carbons (Fsp3) is 0.500. The van der Waals surface area contributed by atoms with Crippen LogP contribution in [0.3, 0.4) is 0 Å². The molecular weight excluding hydrogens is 421 g/mol. The largest absolute Gasteiger partial charge is 0.478 e. The number of fused-ring (bicyclic) bond motifs is 1. The Hall–Kier alpha value is -2.61. The number of alkyl halides is 3. The number of amides is 1. The normalized spacial score (nSPS) is 28.4. The second-order valence-corrected chi connectivity index (χ2v) is 9.01. The maximum atomic E-state index is 13.1.